The van der Waals surface area contributed by atoms with Crippen molar-refractivity contribution in [2.75, 3.05) is 18.4 Å². The molecule has 0 bridgehead atoms. The van der Waals surface area contributed by atoms with E-state index in [-0.39, 0.29) is 11.3 Å². The molecule has 118 valence electrons. The highest BCUT2D eigenvalue weighted by Crippen LogP contribution is 2.40. The number of carbonyl (C=O) groups excluding carboxylic acids is 1. The first-order valence-corrected chi connectivity index (χ1v) is 8.41. The fourth-order valence-corrected chi connectivity index (χ4v) is 4.03. The number of nitrogens with one attached hydrogen (secondary N) is 1. The summed E-state index contributed by atoms with van der Waals surface area (Å²) in [6, 6.07) is 18.7. The number of carbonyl (C=O) groups is 1. The second kappa shape index (κ2) is 5.82. The smallest absolute Gasteiger partial charge is 0.232 e. The maximum Gasteiger partial charge on any atom is 0.232 e. The van der Waals surface area contributed by atoms with E-state index in [0.717, 1.165) is 44.6 Å². The van der Waals surface area contributed by atoms with Gasteiger partial charge in [0.1, 0.15) is 0 Å². The molecule has 0 radical (unpaired) electrons. The number of piperidine rings is 1. The minimum absolute atomic E-state index is 0.203. The first kappa shape index (κ1) is 14.5. The van der Waals surface area contributed by atoms with E-state index in [0.29, 0.717) is 0 Å². The molecule has 1 saturated heterocycles. The molecule has 2 heterocycles. The molecule has 1 N–H and O–H groups in total. The van der Waals surface area contributed by atoms with Crippen molar-refractivity contribution in [2.45, 2.75) is 25.8 Å². The van der Waals surface area contributed by atoms with Crippen molar-refractivity contribution in [3.63, 3.8) is 0 Å². The summed E-state index contributed by atoms with van der Waals surface area (Å²) in [5.41, 5.74) is 3.32. The zero-order valence-electron chi connectivity index (χ0n) is 13.3. The summed E-state index contributed by atoms with van der Waals surface area (Å²) in [5, 5.41) is 3.14. The molecule has 0 saturated carbocycles. The molecule has 1 fully saturated rings. The van der Waals surface area contributed by atoms with Gasteiger partial charge in [0.2, 0.25) is 5.91 Å². The summed E-state index contributed by atoms with van der Waals surface area (Å²) in [7, 11) is 0. The van der Waals surface area contributed by atoms with Gasteiger partial charge in [0.25, 0.3) is 0 Å². The summed E-state index contributed by atoms with van der Waals surface area (Å²) < 4.78 is 0. The molecular weight excluding hydrogens is 284 g/mol. The molecule has 2 aromatic rings. The summed E-state index contributed by atoms with van der Waals surface area (Å²) in [6.07, 6.45) is 2.93. The van der Waals surface area contributed by atoms with Gasteiger partial charge >= 0.3 is 0 Å². The second-order valence-electron chi connectivity index (χ2n) is 6.87. The number of anilines is 1. The Morgan fingerprint density at radius 2 is 1.83 bits per heavy atom. The Kier molecular flexibility index (Phi) is 3.66. The quantitative estimate of drug-likeness (QED) is 0.921. The van der Waals surface area contributed by atoms with Crippen LogP contribution < -0.4 is 5.32 Å². The highest BCUT2D eigenvalue weighted by Gasteiger charge is 2.44. The Morgan fingerprint density at radius 1 is 1.04 bits per heavy atom. The molecule has 2 aromatic carbocycles. The van der Waals surface area contributed by atoms with Gasteiger partial charge in [-0.2, -0.15) is 0 Å². The first-order chi connectivity index (χ1) is 11.3. The van der Waals surface area contributed by atoms with Crippen LogP contribution in [0.2, 0.25) is 0 Å². The summed E-state index contributed by atoms with van der Waals surface area (Å²) in [5.74, 6) is 0.203. The molecule has 0 aliphatic carbocycles. The monoisotopic (exact) mass is 306 g/mol. The van der Waals surface area contributed by atoms with Crippen molar-refractivity contribution in [1.82, 2.24) is 4.90 Å². The molecule has 0 aromatic heterocycles. The first-order valence-electron chi connectivity index (χ1n) is 8.41. The fraction of sp³-hybridized carbons (Fsp3) is 0.350. The van der Waals surface area contributed by atoms with Crippen molar-refractivity contribution in [2.24, 2.45) is 5.41 Å². The highest BCUT2D eigenvalue weighted by molar-refractivity contribution is 5.98. The molecule has 23 heavy (non-hydrogen) atoms. The predicted molar refractivity (Wildman–Crippen MR) is 92.2 cm³/mol. The third kappa shape index (κ3) is 2.77. The Balaban J connectivity index is 1.55. The predicted octanol–water partition coefficient (Wildman–Crippen LogP) is 3.46. The average molecular weight is 306 g/mol. The normalized spacial score (nSPS) is 24.3. The number of nitrogens with zero attached hydrogens (tertiary/aromatic N) is 1. The molecule has 3 nitrogen and oxygen atoms in total. The fourth-order valence-electron chi connectivity index (χ4n) is 4.03. The van der Waals surface area contributed by atoms with Gasteiger partial charge in [0.05, 0.1) is 5.41 Å². The van der Waals surface area contributed by atoms with Crippen molar-refractivity contribution < 1.29 is 4.79 Å². The summed E-state index contributed by atoms with van der Waals surface area (Å²) >= 11 is 0. The maximum atomic E-state index is 12.8. The third-order valence-electron chi connectivity index (χ3n) is 5.18. The number of para-hydroxylation sites is 1. The van der Waals surface area contributed by atoms with Crippen LogP contribution >= 0.6 is 0 Å². The van der Waals surface area contributed by atoms with Gasteiger partial charge in [-0.25, -0.2) is 0 Å². The van der Waals surface area contributed by atoms with Crippen molar-refractivity contribution in [3.8, 4) is 0 Å². The van der Waals surface area contributed by atoms with E-state index in [1.807, 2.05) is 18.2 Å². The number of fused-ring (bicyclic) bond motifs is 1. The summed E-state index contributed by atoms with van der Waals surface area (Å²) in [6.45, 7) is 2.85. The lowest BCUT2D eigenvalue weighted by Gasteiger charge is -2.44. The minimum Gasteiger partial charge on any atom is -0.325 e. The van der Waals surface area contributed by atoms with Crippen molar-refractivity contribution in [3.05, 3.63) is 65.7 Å². The minimum atomic E-state index is -0.263. The van der Waals surface area contributed by atoms with E-state index in [2.05, 4.69) is 46.6 Å². The van der Waals surface area contributed by atoms with Gasteiger partial charge in [-0.3, -0.25) is 9.69 Å². The topological polar surface area (TPSA) is 32.3 Å². The number of hydrogen-bond donors (Lipinski definition) is 1. The van der Waals surface area contributed by atoms with E-state index in [9.17, 15) is 4.79 Å². The SMILES string of the molecule is O=C1Nc2ccccc2CC12CCCN(Cc1ccccc1)C2. The van der Waals surface area contributed by atoms with E-state index in [1.165, 1.54) is 11.1 Å². The molecule has 1 amide bonds. The molecule has 2 aliphatic rings. The van der Waals surface area contributed by atoms with Gasteiger partial charge in [-0.15, -0.1) is 0 Å². The number of hydrogen-bond acceptors (Lipinski definition) is 2. The van der Waals surface area contributed by atoms with E-state index in [4.69, 9.17) is 0 Å². The Morgan fingerprint density at radius 3 is 2.70 bits per heavy atom. The van der Waals surface area contributed by atoms with Gasteiger partial charge in [-0.05, 0) is 43.0 Å². The largest absolute Gasteiger partial charge is 0.325 e. The van der Waals surface area contributed by atoms with Crippen LogP contribution in [0, 0.1) is 5.41 Å². The van der Waals surface area contributed by atoms with Crippen molar-refractivity contribution >= 4 is 11.6 Å². The second-order valence-corrected chi connectivity index (χ2v) is 6.87. The Labute approximate surface area is 137 Å². The van der Waals surface area contributed by atoms with Crippen LogP contribution in [0.3, 0.4) is 0 Å². The van der Waals surface area contributed by atoms with Crippen LogP contribution in [-0.4, -0.2) is 23.9 Å². The molecule has 1 spiro atoms. The summed E-state index contributed by atoms with van der Waals surface area (Å²) in [4.78, 5) is 15.2. The van der Waals surface area contributed by atoms with Crippen LogP contribution in [0.5, 0.6) is 0 Å². The standard InChI is InChI=1S/C20H22N2O/c23-19-20(13-17-9-4-5-10-18(17)21-19)11-6-12-22(15-20)14-16-7-2-1-3-8-16/h1-5,7-10H,6,11-15H2,(H,21,23). The Hall–Kier alpha value is -2.13. The van der Waals surface area contributed by atoms with E-state index in [1.54, 1.807) is 0 Å². The molecular formula is C20H22N2O. The zero-order valence-corrected chi connectivity index (χ0v) is 13.3. The molecule has 1 unspecified atom stereocenters. The van der Waals surface area contributed by atoms with Gasteiger partial charge in [0.15, 0.2) is 0 Å². The van der Waals surface area contributed by atoms with Crippen molar-refractivity contribution in [1.29, 1.82) is 0 Å². The average Bonchev–Trinajstić information content (AvgIpc) is 2.57. The van der Waals surface area contributed by atoms with E-state index >= 15 is 0 Å². The number of benzene rings is 2. The maximum absolute atomic E-state index is 12.8. The van der Waals surface area contributed by atoms with Crippen LogP contribution in [0.25, 0.3) is 0 Å². The zero-order chi connectivity index (χ0) is 15.7. The molecule has 3 heteroatoms. The third-order valence-corrected chi connectivity index (χ3v) is 5.18. The molecule has 2 aliphatic heterocycles. The number of likely N-dealkylation sites (tertiary alicyclic amines) is 1. The lowest BCUT2D eigenvalue weighted by molar-refractivity contribution is -0.129. The van der Waals surface area contributed by atoms with Crippen LogP contribution in [0.1, 0.15) is 24.0 Å². The van der Waals surface area contributed by atoms with Crippen LogP contribution in [-0.2, 0) is 17.8 Å². The van der Waals surface area contributed by atoms with Gasteiger partial charge in [-0.1, -0.05) is 48.5 Å². The molecule has 1 atom stereocenters. The van der Waals surface area contributed by atoms with Crippen LogP contribution in [0.4, 0.5) is 5.69 Å². The lowest BCUT2D eigenvalue weighted by Crippen LogP contribution is -2.52. The van der Waals surface area contributed by atoms with Gasteiger partial charge in [0, 0.05) is 18.8 Å². The highest BCUT2D eigenvalue weighted by atomic mass is 16.2. The molecule has 4 rings (SSSR count). The number of rotatable bonds is 2. The van der Waals surface area contributed by atoms with E-state index < -0.39 is 0 Å². The number of amides is 1. The van der Waals surface area contributed by atoms with Crippen LogP contribution in [0.15, 0.2) is 54.6 Å². The van der Waals surface area contributed by atoms with Gasteiger partial charge < -0.3 is 5.32 Å². The Bertz CT molecular complexity index is 713. The lowest BCUT2D eigenvalue weighted by atomic mass is 9.72.